The van der Waals surface area contributed by atoms with E-state index in [1.54, 1.807) is 0 Å². The minimum atomic E-state index is 0.0417. The summed E-state index contributed by atoms with van der Waals surface area (Å²) in [7, 11) is 0. The van der Waals surface area contributed by atoms with Crippen LogP contribution in [0.25, 0.3) is 0 Å². The van der Waals surface area contributed by atoms with Crippen LogP contribution in [0.15, 0.2) is 28.7 Å². The number of aliphatic hydroxyl groups is 2. The van der Waals surface area contributed by atoms with Gasteiger partial charge in [-0.15, -0.1) is 0 Å². The molecule has 0 atom stereocenters. The molecule has 0 aliphatic heterocycles. The van der Waals surface area contributed by atoms with E-state index in [1.807, 2.05) is 18.2 Å². The summed E-state index contributed by atoms with van der Waals surface area (Å²) in [4.78, 5) is 0. The van der Waals surface area contributed by atoms with Crippen LogP contribution in [0.1, 0.15) is 5.56 Å². The molecule has 0 heterocycles. The third-order valence-electron chi connectivity index (χ3n) is 1.92. The highest BCUT2D eigenvalue weighted by Crippen LogP contribution is 2.13. The number of ether oxygens (including phenoxy) is 2. The summed E-state index contributed by atoms with van der Waals surface area (Å²) in [5, 5.41) is 16.5. The van der Waals surface area contributed by atoms with Crippen molar-refractivity contribution in [3.8, 4) is 0 Å². The van der Waals surface area contributed by atoms with Crippen molar-refractivity contribution in [3.05, 3.63) is 34.3 Å². The fourth-order valence-corrected chi connectivity index (χ4v) is 1.29. The van der Waals surface area contributed by atoms with Gasteiger partial charge in [0.1, 0.15) is 0 Å². The Kier molecular flexibility index (Phi) is 12.7. The van der Waals surface area contributed by atoms with E-state index in [0.717, 1.165) is 0 Å². The Morgan fingerprint density at radius 2 is 1.44 bits per heavy atom. The molecule has 0 aliphatic rings. The number of aryl methyl sites for hydroxylation is 1. The fraction of sp³-hybridized carbons (Fsp3) is 0.538. The zero-order valence-electron chi connectivity index (χ0n) is 10.6. The highest BCUT2D eigenvalue weighted by atomic mass is 79.9. The van der Waals surface area contributed by atoms with Gasteiger partial charge in [-0.2, -0.15) is 0 Å². The van der Waals surface area contributed by atoms with Crippen molar-refractivity contribution in [2.75, 3.05) is 39.6 Å². The lowest BCUT2D eigenvalue weighted by atomic mass is 10.2. The molecule has 0 saturated carbocycles. The van der Waals surface area contributed by atoms with Gasteiger partial charge in [0, 0.05) is 4.47 Å². The summed E-state index contributed by atoms with van der Waals surface area (Å²) in [6.07, 6.45) is 0. The van der Waals surface area contributed by atoms with E-state index in [-0.39, 0.29) is 13.2 Å². The van der Waals surface area contributed by atoms with E-state index in [2.05, 4.69) is 28.9 Å². The predicted octanol–water partition coefficient (Wildman–Crippen LogP) is 1.76. The maximum atomic E-state index is 8.26. The Morgan fingerprint density at radius 3 is 1.78 bits per heavy atom. The largest absolute Gasteiger partial charge is 0.394 e. The second-order valence-electron chi connectivity index (χ2n) is 3.42. The first kappa shape index (κ1) is 17.5. The van der Waals surface area contributed by atoms with Gasteiger partial charge in [0.25, 0.3) is 0 Å². The van der Waals surface area contributed by atoms with Crippen LogP contribution in [0.4, 0.5) is 0 Å². The normalized spacial score (nSPS) is 9.78. The van der Waals surface area contributed by atoms with E-state index < -0.39 is 0 Å². The number of aliphatic hydroxyl groups excluding tert-OH is 2. The van der Waals surface area contributed by atoms with Gasteiger partial charge >= 0.3 is 0 Å². The molecule has 1 rings (SSSR count). The van der Waals surface area contributed by atoms with Crippen LogP contribution in [0, 0.1) is 6.92 Å². The van der Waals surface area contributed by atoms with Gasteiger partial charge in [0.05, 0.1) is 39.6 Å². The molecule has 18 heavy (non-hydrogen) atoms. The van der Waals surface area contributed by atoms with Crippen molar-refractivity contribution >= 4 is 15.9 Å². The van der Waals surface area contributed by atoms with Gasteiger partial charge in [-0.05, 0) is 18.6 Å². The van der Waals surface area contributed by atoms with Crippen molar-refractivity contribution in [1.29, 1.82) is 0 Å². The SMILES string of the molecule is Cc1ccccc1Br.OCCOCCOCCO. The molecule has 0 amide bonds. The second kappa shape index (κ2) is 13.0. The van der Waals surface area contributed by atoms with Crippen LogP contribution in [0.2, 0.25) is 0 Å². The standard InChI is InChI=1S/C7H7Br.C6H14O4/c1-6-4-2-3-5-7(6)8;7-1-3-9-5-6-10-4-2-8/h2-5H,1H3;7-8H,1-6H2. The van der Waals surface area contributed by atoms with Gasteiger partial charge in [-0.1, -0.05) is 34.1 Å². The maximum absolute atomic E-state index is 8.26. The quantitative estimate of drug-likeness (QED) is 0.752. The Hall–Kier alpha value is -0.460. The molecule has 2 N–H and O–H groups in total. The number of benzene rings is 1. The lowest BCUT2D eigenvalue weighted by Crippen LogP contribution is -2.09. The van der Waals surface area contributed by atoms with Crippen molar-refractivity contribution in [3.63, 3.8) is 0 Å². The molecule has 0 bridgehead atoms. The van der Waals surface area contributed by atoms with E-state index >= 15 is 0 Å². The van der Waals surface area contributed by atoms with E-state index in [4.69, 9.17) is 19.7 Å². The average Bonchev–Trinajstić information content (AvgIpc) is 2.38. The van der Waals surface area contributed by atoms with Crippen LogP contribution in [0.5, 0.6) is 0 Å². The molecule has 1 aromatic carbocycles. The van der Waals surface area contributed by atoms with Crippen LogP contribution >= 0.6 is 15.9 Å². The molecular formula is C13H21BrO4. The van der Waals surface area contributed by atoms with Crippen molar-refractivity contribution in [2.45, 2.75) is 6.92 Å². The summed E-state index contributed by atoms with van der Waals surface area (Å²) in [5.41, 5.74) is 1.28. The highest BCUT2D eigenvalue weighted by molar-refractivity contribution is 9.10. The van der Waals surface area contributed by atoms with Gasteiger partial charge in [-0.3, -0.25) is 0 Å². The lowest BCUT2D eigenvalue weighted by Gasteiger charge is -2.01. The minimum Gasteiger partial charge on any atom is -0.394 e. The highest BCUT2D eigenvalue weighted by Gasteiger charge is 1.87. The van der Waals surface area contributed by atoms with Gasteiger partial charge in [0.15, 0.2) is 0 Å². The molecular weight excluding hydrogens is 300 g/mol. The van der Waals surface area contributed by atoms with E-state index in [1.165, 1.54) is 10.0 Å². The molecule has 0 aromatic heterocycles. The third-order valence-corrected chi connectivity index (χ3v) is 2.81. The summed E-state index contributed by atoms with van der Waals surface area (Å²) in [6, 6.07) is 8.15. The first-order valence-electron chi connectivity index (χ1n) is 5.80. The Labute approximate surface area is 117 Å². The predicted molar refractivity (Wildman–Crippen MR) is 74.7 cm³/mol. The molecule has 5 heteroatoms. The van der Waals surface area contributed by atoms with Crippen LogP contribution in [0.3, 0.4) is 0 Å². The number of hydrogen-bond acceptors (Lipinski definition) is 4. The van der Waals surface area contributed by atoms with Gasteiger partial charge in [0.2, 0.25) is 0 Å². The number of hydrogen-bond donors (Lipinski definition) is 2. The first-order valence-corrected chi connectivity index (χ1v) is 6.60. The minimum absolute atomic E-state index is 0.0417. The van der Waals surface area contributed by atoms with Crippen molar-refractivity contribution < 1.29 is 19.7 Å². The number of rotatable bonds is 7. The monoisotopic (exact) mass is 320 g/mol. The summed E-state index contributed by atoms with van der Waals surface area (Å²) in [6.45, 7) is 3.80. The van der Waals surface area contributed by atoms with Gasteiger partial charge in [-0.25, -0.2) is 0 Å². The van der Waals surface area contributed by atoms with Crippen LogP contribution in [-0.2, 0) is 9.47 Å². The maximum Gasteiger partial charge on any atom is 0.0701 e. The molecule has 0 fully saturated rings. The molecule has 0 aliphatic carbocycles. The summed E-state index contributed by atoms with van der Waals surface area (Å²) >= 11 is 3.40. The summed E-state index contributed by atoms with van der Waals surface area (Å²) < 4.78 is 10.9. The third kappa shape index (κ3) is 10.7. The number of halogens is 1. The molecule has 4 nitrogen and oxygen atoms in total. The van der Waals surface area contributed by atoms with Crippen LogP contribution in [-0.4, -0.2) is 49.9 Å². The molecule has 0 unspecified atom stereocenters. The zero-order valence-corrected chi connectivity index (χ0v) is 12.2. The smallest absolute Gasteiger partial charge is 0.0701 e. The second-order valence-corrected chi connectivity index (χ2v) is 4.28. The Balaban J connectivity index is 0.000000327. The van der Waals surface area contributed by atoms with E-state index in [0.29, 0.717) is 26.4 Å². The Bertz CT molecular complexity index is 265. The zero-order chi connectivity index (χ0) is 13.6. The molecule has 0 radical (unpaired) electrons. The van der Waals surface area contributed by atoms with Gasteiger partial charge < -0.3 is 19.7 Å². The summed E-state index contributed by atoms with van der Waals surface area (Å²) in [5.74, 6) is 0. The first-order chi connectivity index (χ1) is 8.72. The van der Waals surface area contributed by atoms with E-state index in [9.17, 15) is 0 Å². The average molecular weight is 321 g/mol. The van der Waals surface area contributed by atoms with Crippen molar-refractivity contribution in [1.82, 2.24) is 0 Å². The lowest BCUT2D eigenvalue weighted by molar-refractivity contribution is 0.0222. The van der Waals surface area contributed by atoms with Crippen LogP contribution < -0.4 is 0 Å². The molecule has 0 spiro atoms. The van der Waals surface area contributed by atoms with Crippen molar-refractivity contribution in [2.24, 2.45) is 0 Å². The Morgan fingerprint density at radius 1 is 0.944 bits per heavy atom. The topological polar surface area (TPSA) is 58.9 Å². The molecule has 1 aromatic rings. The molecule has 0 saturated heterocycles. The molecule has 104 valence electrons. The fourth-order valence-electron chi connectivity index (χ4n) is 1.00.